The van der Waals surface area contributed by atoms with Crippen molar-refractivity contribution < 1.29 is 37.0 Å². The maximum atomic E-state index is 13.3. The molecule has 28 heavy (non-hydrogen) atoms. The van der Waals surface area contributed by atoms with Gasteiger partial charge in [0.1, 0.15) is 5.75 Å². The Morgan fingerprint density at radius 3 is 2.39 bits per heavy atom. The molecule has 1 amide bonds. The number of halogens is 3. The third-order valence-corrected chi connectivity index (χ3v) is 3.43. The van der Waals surface area contributed by atoms with Crippen molar-refractivity contribution in [1.82, 2.24) is 5.32 Å². The van der Waals surface area contributed by atoms with Crippen molar-refractivity contribution in [1.29, 1.82) is 0 Å². The lowest BCUT2D eigenvalue weighted by atomic mass is 10.1. The van der Waals surface area contributed by atoms with Crippen molar-refractivity contribution >= 4 is 11.9 Å². The number of hydrogen-bond donors (Lipinski definition) is 1. The summed E-state index contributed by atoms with van der Waals surface area (Å²) in [4.78, 5) is 23.2. The fourth-order valence-electron chi connectivity index (χ4n) is 2.12. The van der Waals surface area contributed by atoms with Gasteiger partial charge in [-0.2, -0.15) is 8.78 Å². The first-order chi connectivity index (χ1) is 13.4. The van der Waals surface area contributed by atoms with Gasteiger partial charge in [0.2, 0.25) is 0 Å². The van der Waals surface area contributed by atoms with E-state index in [0.29, 0.717) is 6.42 Å². The molecule has 2 aromatic carbocycles. The number of amides is 1. The van der Waals surface area contributed by atoms with Gasteiger partial charge in [-0.1, -0.05) is 24.3 Å². The zero-order valence-electron chi connectivity index (χ0n) is 14.7. The minimum absolute atomic E-state index is 0.0484. The number of esters is 1. The summed E-state index contributed by atoms with van der Waals surface area (Å²) in [7, 11) is 0. The summed E-state index contributed by atoms with van der Waals surface area (Å²) in [6, 6.07) is 11.6. The van der Waals surface area contributed by atoms with Gasteiger partial charge in [-0.25, -0.2) is 9.18 Å². The highest BCUT2D eigenvalue weighted by atomic mass is 19.3. The molecule has 150 valence electrons. The van der Waals surface area contributed by atoms with Crippen molar-refractivity contribution in [3.05, 3.63) is 59.9 Å². The summed E-state index contributed by atoms with van der Waals surface area (Å²) in [5.41, 5.74) is 0.803. The SMILES string of the molecule is O=C(COC(=O)COc1ccccc1F)NCCc1ccc(OC(F)F)cc1. The van der Waals surface area contributed by atoms with E-state index < -0.39 is 37.5 Å². The number of ether oxygens (including phenoxy) is 3. The highest BCUT2D eigenvalue weighted by Crippen LogP contribution is 2.15. The normalized spacial score (nSPS) is 10.4. The summed E-state index contributed by atoms with van der Waals surface area (Å²) in [6.07, 6.45) is 0.449. The molecule has 0 aliphatic rings. The topological polar surface area (TPSA) is 73.9 Å². The second-order valence-electron chi connectivity index (χ2n) is 5.50. The van der Waals surface area contributed by atoms with Crippen LogP contribution in [0.3, 0.4) is 0 Å². The molecule has 0 atom stereocenters. The van der Waals surface area contributed by atoms with E-state index in [9.17, 15) is 22.8 Å². The third kappa shape index (κ3) is 7.56. The molecule has 0 aromatic heterocycles. The van der Waals surface area contributed by atoms with E-state index in [1.807, 2.05) is 0 Å². The summed E-state index contributed by atoms with van der Waals surface area (Å²) < 4.78 is 51.4. The Kier molecular flexibility index (Phi) is 8.13. The van der Waals surface area contributed by atoms with Crippen LogP contribution >= 0.6 is 0 Å². The predicted molar refractivity (Wildman–Crippen MR) is 92.6 cm³/mol. The quantitative estimate of drug-likeness (QED) is 0.624. The molecule has 0 spiro atoms. The number of benzene rings is 2. The van der Waals surface area contributed by atoms with E-state index in [1.54, 1.807) is 18.2 Å². The lowest BCUT2D eigenvalue weighted by Crippen LogP contribution is -2.31. The first-order valence-electron chi connectivity index (χ1n) is 8.27. The molecule has 0 unspecified atom stereocenters. The summed E-state index contributed by atoms with van der Waals surface area (Å²) in [5.74, 6) is -1.98. The van der Waals surface area contributed by atoms with Crippen LogP contribution in [0.1, 0.15) is 5.56 Å². The summed E-state index contributed by atoms with van der Waals surface area (Å²) in [5, 5.41) is 2.55. The van der Waals surface area contributed by atoms with Gasteiger partial charge in [-0.05, 0) is 36.2 Å². The molecule has 1 N–H and O–H groups in total. The zero-order chi connectivity index (χ0) is 20.4. The van der Waals surface area contributed by atoms with E-state index in [2.05, 4.69) is 10.1 Å². The fraction of sp³-hybridized carbons (Fsp3) is 0.263. The van der Waals surface area contributed by atoms with Crippen LogP contribution < -0.4 is 14.8 Å². The van der Waals surface area contributed by atoms with Crippen molar-refractivity contribution in [2.24, 2.45) is 0 Å². The standard InChI is InChI=1S/C19H18F3NO5/c20-15-3-1-2-4-16(15)26-12-18(25)27-11-17(24)23-10-9-13-5-7-14(8-6-13)28-19(21)22/h1-8,19H,9-12H2,(H,23,24). The van der Waals surface area contributed by atoms with Crippen LogP contribution in [0.2, 0.25) is 0 Å². The van der Waals surface area contributed by atoms with E-state index in [4.69, 9.17) is 9.47 Å². The van der Waals surface area contributed by atoms with Crippen molar-refractivity contribution in [3.8, 4) is 11.5 Å². The van der Waals surface area contributed by atoms with Crippen LogP contribution in [0.4, 0.5) is 13.2 Å². The van der Waals surface area contributed by atoms with Gasteiger partial charge in [-0.3, -0.25) is 4.79 Å². The fourth-order valence-corrected chi connectivity index (χ4v) is 2.12. The zero-order valence-corrected chi connectivity index (χ0v) is 14.7. The molecule has 2 rings (SSSR count). The van der Waals surface area contributed by atoms with Crippen LogP contribution in [0.15, 0.2) is 48.5 Å². The number of carbonyl (C=O) groups excluding carboxylic acids is 2. The first-order valence-corrected chi connectivity index (χ1v) is 8.27. The van der Waals surface area contributed by atoms with E-state index >= 15 is 0 Å². The van der Waals surface area contributed by atoms with Crippen LogP contribution in [0, 0.1) is 5.82 Å². The van der Waals surface area contributed by atoms with Crippen molar-refractivity contribution in [2.45, 2.75) is 13.0 Å². The Bertz CT molecular complexity index is 783. The maximum absolute atomic E-state index is 13.3. The Balaban J connectivity index is 1.62. The second-order valence-corrected chi connectivity index (χ2v) is 5.50. The van der Waals surface area contributed by atoms with E-state index in [-0.39, 0.29) is 18.0 Å². The first kappa shape index (κ1) is 21.1. The molecule has 0 aliphatic carbocycles. The predicted octanol–water partition coefficient (Wildman–Crippen LogP) is 2.71. The second kappa shape index (κ2) is 10.8. The highest BCUT2D eigenvalue weighted by molar-refractivity contribution is 5.80. The number of hydrogen-bond acceptors (Lipinski definition) is 5. The molecule has 0 bridgehead atoms. The van der Waals surface area contributed by atoms with E-state index in [1.165, 1.54) is 30.3 Å². The average Bonchev–Trinajstić information content (AvgIpc) is 2.66. The monoisotopic (exact) mass is 397 g/mol. The molecule has 6 nitrogen and oxygen atoms in total. The number of para-hydroxylation sites is 1. The summed E-state index contributed by atoms with van der Waals surface area (Å²) in [6.45, 7) is -3.65. The highest BCUT2D eigenvalue weighted by Gasteiger charge is 2.10. The lowest BCUT2D eigenvalue weighted by Gasteiger charge is -2.09. The lowest BCUT2D eigenvalue weighted by molar-refractivity contribution is -0.150. The molecule has 0 saturated carbocycles. The minimum Gasteiger partial charge on any atom is -0.479 e. The van der Waals surface area contributed by atoms with Gasteiger partial charge in [0, 0.05) is 6.54 Å². The van der Waals surface area contributed by atoms with Gasteiger partial charge in [0.05, 0.1) is 0 Å². The minimum atomic E-state index is -2.88. The number of nitrogens with one attached hydrogen (secondary N) is 1. The average molecular weight is 397 g/mol. The molecule has 0 aliphatic heterocycles. The van der Waals surface area contributed by atoms with Crippen LogP contribution in [-0.4, -0.2) is 38.2 Å². The maximum Gasteiger partial charge on any atom is 0.387 e. The van der Waals surface area contributed by atoms with Crippen molar-refractivity contribution in [3.63, 3.8) is 0 Å². The number of carbonyl (C=O) groups is 2. The van der Waals surface area contributed by atoms with Gasteiger partial charge in [-0.15, -0.1) is 0 Å². The number of alkyl halides is 2. The Morgan fingerprint density at radius 1 is 1.00 bits per heavy atom. The molecule has 2 aromatic rings. The third-order valence-electron chi connectivity index (χ3n) is 3.43. The van der Waals surface area contributed by atoms with Gasteiger partial charge in [0.25, 0.3) is 5.91 Å². The molecule has 0 saturated heterocycles. The molecule has 0 radical (unpaired) electrons. The van der Waals surface area contributed by atoms with Gasteiger partial charge >= 0.3 is 12.6 Å². The van der Waals surface area contributed by atoms with Crippen LogP contribution in [0.25, 0.3) is 0 Å². The molecular formula is C19H18F3NO5. The Morgan fingerprint density at radius 2 is 1.71 bits per heavy atom. The number of rotatable bonds is 10. The molecule has 0 fully saturated rings. The largest absolute Gasteiger partial charge is 0.479 e. The van der Waals surface area contributed by atoms with Gasteiger partial charge < -0.3 is 19.5 Å². The Hall–Kier alpha value is -3.23. The van der Waals surface area contributed by atoms with Gasteiger partial charge in [0.15, 0.2) is 24.8 Å². The van der Waals surface area contributed by atoms with E-state index in [0.717, 1.165) is 5.56 Å². The van der Waals surface area contributed by atoms with Crippen LogP contribution in [0.5, 0.6) is 11.5 Å². The molecule has 0 heterocycles. The van der Waals surface area contributed by atoms with Crippen LogP contribution in [-0.2, 0) is 20.7 Å². The van der Waals surface area contributed by atoms with Crippen molar-refractivity contribution in [2.75, 3.05) is 19.8 Å². The smallest absolute Gasteiger partial charge is 0.387 e. The summed E-state index contributed by atoms with van der Waals surface area (Å²) >= 11 is 0. The molecule has 9 heteroatoms. The Labute approximate surface area is 159 Å². The molecular weight excluding hydrogens is 379 g/mol.